The Hall–Kier alpha value is -0.120. The molecule has 1 aliphatic heterocycles. The molecule has 0 spiro atoms. The van der Waals surface area contributed by atoms with Gasteiger partial charge in [0.15, 0.2) is 0 Å². The topological polar surface area (TPSA) is 32.5 Å². The van der Waals surface area contributed by atoms with E-state index in [9.17, 15) is 0 Å². The predicted octanol–water partition coefficient (Wildman–Crippen LogP) is 0.750. The molecule has 1 saturated carbocycles. The number of rotatable bonds is 3. The summed E-state index contributed by atoms with van der Waals surface area (Å²) in [6, 6.07) is 1.67. The highest BCUT2D eigenvalue weighted by Crippen LogP contribution is 2.30. The van der Waals surface area contributed by atoms with E-state index in [-0.39, 0.29) is 0 Å². The van der Waals surface area contributed by atoms with Crippen LogP contribution in [-0.4, -0.2) is 55.6 Å². The number of hydrogen-bond donors (Lipinski definition) is 1. The van der Waals surface area contributed by atoms with Crippen molar-refractivity contribution in [3.63, 3.8) is 0 Å². The summed E-state index contributed by atoms with van der Waals surface area (Å²) in [7, 11) is 4.38. The average molecular weight is 211 g/mol. The van der Waals surface area contributed by atoms with E-state index in [0.717, 1.165) is 24.5 Å². The van der Waals surface area contributed by atoms with Gasteiger partial charge in [-0.25, -0.2) is 0 Å². The fourth-order valence-electron chi connectivity index (χ4n) is 2.86. The molecule has 0 radical (unpaired) electrons. The molecular formula is C12H25N3. The van der Waals surface area contributed by atoms with Crippen molar-refractivity contribution in [1.82, 2.24) is 9.80 Å². The standard InChI is InChI=1S/C12H25N3/c1-14(2)12-8-15(9-12)11-5-3-10(7-13)4-6-11/h10-12H,3-9,13H2,1-2H3. The van der Waals surface area contributed by atoms with Gasteiger partial charge in [-0.2, -0.15) is 0 Å². The first-order chi connectivity index (χ1) is 7.20. The average Bonchev–Trinajstić information content (AvgIpc) is 2.16. The summed E-state index contributed by atoms with van der Waals surface area (Å²) in [5.74, 6) is 0.812. The van der Waals surface area contributed by atoms with Crippen LogP contribution >= 0.6 is 0 Å². The van der Waals surface area contributed by atoms with Gasteiger partial charge >= 0.3 is 0 Å². The Morgan fingerprint density at radius 3 is 2.20 bits per heavy atom. The Morgan fingerprint density at radius 1 is 1.13 bits per heavy atom. The van der Waals surface area contributed by atoms with Crippen LogP contribution in [0.25, 0.3) is 0 Å². The Balaban J connectivity index is 1.70. The molecule has 0 aromatic carbocycles. The quantitative estimate of drug-likeness (QED) is 0.748. The van der Waals surface area contributed by atoms with Gasteiger partial charge in [-0.05, 0) is 52.2 Å². The highest BCUT2D eigenvalue weighted by Gasteiger charge is 2.34. The van der Waals surface area contributed by atoms with Crippen molar-refractivity contribution in [1.29, 1.82) is 0 Å². The third-order valence-electron chi connectivity index (χ3n) is 4.29. The summed E-state index contributed by atoms with van der Waals surface area (Å²) in [6.07, 6.45) is 5.46. The third-order valence-corrected chi connectivity index (χ3v) is 4.29. The molecular weight excluding hydrogens is 186 g/mol. The number of nitrogens with zero attached hydrogens (tertiary/aromatic N) is 2. The van der Waals surface area contributed by atoms with E-state index in [0.29, 0.717) is 0 Å². The van der Waals surface area contributed by atoms with E-state index in [1.807, 2.05) is 0 Å². The van der Waals surface area contributed by atoms with E-state index in [4.69, 9.17) is 5.73 Å². The van der Waals surface area contributed by atoms with Gasteiger partial charge in [0.05, 0.1) is 0 Å². The second-order valence-corrected chi connectivity index (χ2v) is 5.48. The van der Waals surface area contributed by atoms with Crippen LogP contribution < -0.4 is 5.73 Å². The van der Waals surface area contributed by atoms with Gasteiger partial charge in [-0.15, -0.1) is 0 Å². The molecule has 88 valence electrons. The SMILES string of the molecule is CN(C)C1CN(C2CCC(CN)CC2)C1. The van der Waals surface area contributed by atoms with Crippen LogP contribution in [0.3, 0.4) is 0 Å². The molecule has 1 aliphatic carbocycles. The van der Waals surface area contributed by atoms with Crippen molar-refractivity contribution in [3.05, 3.63) is 0 Å². The lowest BCUT2D eigenvalue weighted by Gasteiger charge is -2.48. The summed E-state index contributed by atoms with van der Waals surface area (Å²) in [6.45, 7) is 3.46. The molecule has 2 rings (SSSR count). The molecule has 0 bridgehead atoms. The Labute approximate surface area is 93.6 Å². The molecule has 0 atom stereocenters. The smallest absolute Gasteiger partial charge is 0.0344 e. The zero-order valence-corrected chi connectivity index (χ0v) is 10.2. The Bertz CT molecular complexity index is 191. The minimum atomic E-state index is 0.803. The van der Waals surface area contributed by atoms with Crippen LogP contribution in [0.2, 0.25) is 0 Å². The zero-order valence-electron chi connectivity index (χ0n) is 10.2. The van der Waals surface area contributed by atoms with Gasteiger partial charge in [0, 0.05) is 25.2 Å². The minimum Gasteiger partial charge on any atom is -0.330 e. The van der Waals surface area contributed by atoms with Gasteiger partial charge in [-0.1, -0.05) is 0 Å². The molecule has 0 aromatic heterocycles. The molecule has 1 heterocycles. The first kappa shape index (κ1) is 11.4. The first-order valence-corrected chi connectivity index (χ1v) is 6.31. The van der Waals surface area contributed by atoms with E-state index < -0.39 is 0 Å². The first-order valence-electron chi connectivity index (χ1n) is 6.31. The van der Waals surface area contributed by atoms with Crippen LogP contribution in [0.15, 0.2) is 0 Å². The van der Waals surface area contributed by atoms with Crippen molar-refractivity contribution in [2.45, 2.75) is 37.8 Å². The summed E-state index contributed by atoms with van der Waals surface area (Å²) in [5, 5.41) is 0. The molecule has 0 aromatic rings. The van der Waals surface area contributed by atoms with Gasteiger partial charge in [0.1, 0.15) is 0 Å². The molecule has 2 N–H and O–H groups in total. The lowest BCUT2D eigenvalue weighted by molar-refractivity contribution is 0.00916. The molecule has 3 nitrogen and oxygen atoms in total. The fraction of sp³-hybridized carbons (Fsp3) is 1.00. The molecule has 3 heteroatoms. The molecule has 2 fully saturated rings. The summed E-state index contributed by atoms with van der Waals surface area (Å²) in [4.78, 5) is 5.01. The van der Waals surface area contributed by atoms with Gasteiger partial charge in [-0.3, -0.25) is 4.90 Å². The highest BCUT2D eigenvalue weighted by atomic mass is 15.3. The van der Waals surface area contributed by atoms with Crippen molar-refractivity contribution < 1.29 is 0 Å². The number of nitrogens with two attached hydrogens (primary N) is 1. The number of likely N-dealkylation sites (tertiary alicyclic amines) is 1. The van der Waals surface area contributed by atoms with Crippen molar-refractivity contribution in [2.24, 2.45) is 11.7 Å². The maximum atomic E-state index is 5.71. The van der Waals surface area contributed by atoms with E-state index >= 15 is 0 Å². The molecule has 15 heavy (non-hydrogen) atoms. The largest absolute Gasteiger partial charge is 0.330 e. The van der Waals surface area contributed by atoms with E-state index in [1.165, 1.54) is 38.8 Å². The van der Waals surface area contributed by atoms with Crippen molar-refractivity contribution in [3.8, 4) is 0 Å². The summed E-state index contributed by atoms with van der Waals surface area (Å²) < 4.78 is 0. The van der Waals surface area contributed by atoms with E-state index in [2.05, 4.69) is 23.9 Å². The molecule has 0 amide bonds. The highest BCUT2D eigenvalue weighted by molar-refractivity contribution is 4.91. The lowest BCUT2D eigenvalue weighted by atomic mass is 9.84. The van der Waals surface area contributed by atoms with Crippen LogP contribution in [-0.2, 0) is 0 Å². The monoisotopic (exact) mass is 211 g/mol. The van der Waals surface area contributed by atoms with Crippen LogP contribution in [0, 0.1) is 5.92 Å². The number of likely N-dealkylation sites (N-methyl/N-ethyl adjacent to an activating group) is 1. The Kier molecular flexibility index (Phi) is 3.65. The second kappa shape index (κ2) is 4.81. The van der Waals surface area contributed by atoms with Crippen LogP contribution in [0.1, 0.15) is 25.7 Å². The summed E-state index contributed by atoms with van der Waals surface area (Å²) >= 11 is 0. The minimum absolute atomic E-state index is 0.803. The lowest BCUT2D eigenvalue weighted by Crippen LogP contribution is -2.61. The second-order valence-electron chi connectivity index (χ2n) is 5.48. The van der Waals surface area contributed by atoms with Crippen molar-refractivity contribution in [2.75, 3.05) is 33.7 Å². The molecule has 0 unspecified atom stereocenters. The third kappa shape index (κ3) is 2.52. The van der Waals surface area contributed by atoms with Crippen LogP contribution in [0.4, 0.5) is 0 Å². The van der Waals surface area contributed by atoms with Crippen LogP contribution in [0.5, 0.6) is 0 Å². The van der Waals surface area contributed by atoms with E-state index in [1.54, 1.807) is 0 Å². The zero-order chi connectivity index (χ0) is 10.8. The Morgan fingerprint density at radius 2 is 1.73 bits per heavy atom. The van der Waals surface area contributed by atoms with Gasteiger partial charge in [0.25, 0.3) is 0 Å². The normalized spacial score (nSPS) is 34.4. The fourth-order valence-corrected chi connectivity index (χ4v) is 2.86. The summed E-state index contributed by atoms with van der Waals surface area (Å²) in [5.41, 5.74) is 5.71. The van der Waals surface area contributed by atoms with Gasteiger partial charge in [0.2, 0.25) is 0 Å². The maximum absolute atomic E-state index is 5.71. The maximum Gasteiger partial charge on any atom is 0.0344 e. The predicted molar refractivity (Wildman–Crippen MR) is 63.8 cm³/mol. The van der Waals surface area contributed by atoms with Crippen molar-refractivity contribution >= 4 is 0 Å². The molecule has 1 saturated heterocycles. The van der Waals surface area contributed by atoms with Gasteiger partial charge < -0.3 is 10.6 Å². The number of hydrogen-bond acceptors (Lipinski definition) is 3. The molecule has 2 aliphatic rings.